The summed E-state index contributed by atoms with van der Waals surface area (Å²) in [5.74, 6) is 0. The standard InChI is InChI=1S/Cu.Mn.4O/q+1;;;;;-1. The Balaban J connectivity index is 0. The fourth-order valence-corrected chi connectivity index (χ4v) is 0. The summed E-state index contributed by atoms with van der Waals surface area (Å²) < 4.78 is 34.3. The zero-order valence-electron chi connectivity index (χ0n) is 2.31. The first kappa shape index (κ1) is 9.64. The first-order chi connectivity index (χ1) is 2.00. The van der Waals surface area contributed by atoms with Crippen molar-refractivity contribution in [2.45, 2.75) is 0 Å². The van der Waals surface area contributed by atoms with E-state index in [9.17, 15) is 0 Å². The molecule has 0 fully saturated rings. The number of rotatable bonds is 0. The molecule has 0 N–H and O–H groups in total. The zero-order chi connectivity index (χ0) is 4.50. The average Bonchev–Trinajstić information content (AvgIpc) is 0.722. The Bertz CT molecular complexity index is 129. The van der Waals surface area contributed by atoms with Crippen molar-refractivity contribution in [3.05, 3.63) is 0 Å². The van der Waals surface area contributed by atoms with Crippen LogP contribution in [0.1, 0.15) is 0 Å². The van der Waals surface area contributed by atoms with Crippen molar-refractivity contribution in [1.29, 1.82) is 0 Å². The van der Waals surface area contributed by atoms with Crippen LogP contribution < -0.4 is 4.19 Å². The van der Waals surface area contributed by atoms with Gasteiger partial charge in [0.2, 0.25) is 0 Å². The Hall–Kier alpha value is 0.399. The predicted molar refractivity (Wildman–Crippen MR) is 2.06 cm³/mol. The molecule has 0 aliphatic rings. The molecular weight excluding hydrogens is 182 g/mol. The molecule has 0 unspecified atom stereocenters. The van der Waals surface area contributed by atoms with E-state index in [1.165, 1.54) is 0 Å². The Morgan fingerprint density at radius 1 is 1.17 bits per heavy atom. The third-order valence-corrected chi connectivity index (χ3v) is 0. The average molecular weight is 182 g/mol. The fraction of sp³-hybridized carbons (Fsp3) is 0. The Morgan fingerprint density at radius 2 is 1.17 bits per heavy atom. The summed E-state index contributed by atoms with van der Waals surface area (Å²) in [5.41, 5.74) is 0. The van der Waals surface area contributed by atoms with E-state index in [2.05, 4.69) is 0 Å². The molecule has 0 aromatic heterocycles. The molecule has 0 aromatic rings. The van der Waals surface area contributed by atoms with Gasteiger partial charge < -0.3 is 0 Å². The molecule has 0 aromatic carbocycles. The van der Waals surface area contributed by atoms with Gasteiger partial charge in [-0.25, -0.2) is 0 Å². The molecule has 6 heteroatoms. The van der Waals surface area contributed by atoms with Crippen LogP contribution in [0.25, 0.3) is 0 Å². The van der Waals surface area contributed by atoms with Crippen molar-refractivity contribution in [3.63, 3.8) is 0 Å². The van der Waals surface area contributed by atoms with Crippen molar-refractivity contribution >= 4 is 0 Å². The van der Waals surface area contributed by atoms with Crippen LogP contribution in [0.15, 0.2) is 0 Å². The minimum absolute atomic E-state index is 0. The minimum atomic E-state index is -5.62. The summed E-state index contributed by atoms with van der Waals surface area (Å²) in [6.07, 6.45) is 0. The van der Waals surface area contributed by atoms with Crippen molar-refractivity contribution in [2.24, 2.45) is 0 Å². The maximum atomic E-state index is 8.58. The molecule has 0 aliphatic heterocycles. The van der Waals surface area contributed by atoms with Gasteiger partial charge in [-0.15, -0.1) is 0 Å². The van der Waals surface area contributed by atoms with Gasteiger partial charge in [-0.2, -0.15) is 0 Å². The molecule has 0 saturated heterocycles. The maximum absolute atomic E-state index is 8.58. The Kier molecular flexibility index (Phi) is 4.10. The van der Waals surface area contributed by atoms with Crippen LogP contribution in [0.4, 0.5) is 0 Å². The molecule has 0 amide bonds. The molecule has 0 rings (SSSR count). The van der Waals surface area contributed by atoms with Crippen molar-refractivity contribution in [2.75, 3.05) is 0 Å². The van der Waals surface area contributed by atoms with Gasteiger partial charge in [0.05, 0.1) is 0 Å². The fourth-order valence-electron chi connectivity index (χ4n) is 0. The molecule has 0 atom stereocenters. The molecule has 0 bridgehead atoms. The van der Waals surface area contributed by atoms with Crippen LogP contribution >= 0.6 is 0 Å². The normalized spacial score (nSPS) is 9.50. The summed E-state index contributed by atoms with van der Waals surface area (Å²) in [4.78, 5) is 0. The molecule has 42 valence electrons. The quantitative estimate of drug-likeness (QED) is 0.425. The van der Waals surface area contributed by atoms with Crippen molar-refractivity contribution < 1.29 is 45.7 Å². The molecule has 4 nitrogen and oxygen atoms in total. The van der Waals surface area contributed by atoms with E-state index in [4.69, 9.17) is 15.7 Å². The first-order valence-corrected chi connectivity index (χ1v) is 2.54. The zero-order valence-corrected chi connectivity index (χ0v) is 4.43. The second-order valence-corrected chi connectivity index (χ2v) is 1.56. The summed E-state index contributed by atoms with van der Waals surface area (Å²) in [7, 11) is 0. The molecule has 0 spiro atoms. The van der Waals surface area contributed by atoms with Gasteiger partial charge in [0, 0.05) is 0 Å². The van der Waals surface area contributed by atoms with Gasteiger partial charge in [0.25, 0.3) is 0 Å². The van der Waals surface area contributed by atoms with E-state index in [0.717, 1.165) is 0 Å². The SMILES string of the molecule is [Cu+].[O]=[Mn](=[O])(=[O])[O-]. The van der Waals surface area contributed by atoms with Gasteiger partial charge >= 0.3 is 45.7 Å². The monoisotopic (exact) mass is 182 g/mol. The van der Waals surface area contributed by atoms with Crippen LogP contribution in [0.3, 0.4) is 0 Å². The molecular formula is CuMnO4. The summed E-state index contributed by atoms with van der Waals surface area (Å²) >= 11 is -5.62. The van der Waals surface area contributed by atoms with E-state index in [1.807, 2.05) is 0 Å². The third kappa shape index (κ3) is 319. The van der Waals surface area contributed by atoms with E-state index in [0.29, 0.717) is 0 Å². The van der Waals surface area contributed by atoms with E-state index < -0.39 is 13.0 Å². The number of hydrogen-bond donors (Lipinski definition) is 0. The third-order valence-electron chi connectivity index (χ3n) is 0. The van der Waals surface area contributed by atoms with Gasteiger partial charge in [-0.05, 0) is 0 Å². The van der Waals surface area contributed by atoms with Crippen molar-refractivity contribution in [3.8, 4) is 0 Å². The van der Waals surface area contributed by atoms with Crippen molar-refractivity contribution in [1.82, 2.24) is 0 Å². The van der Waals surface area contributed by atoms with Crippen LogP contribution in [0, 0.1) is 0 Å². The van der Waals surface area contributed by atoms with Crippen LogP contribution in [0.2, 0.25) is 0 Å². The van der Waals surface area contributed by atoms with Crippen LogP contribution in [0.5, 0.6) is 0 Å². The Morgan fingerprint density at radius 3 is 1.17 bits per heavy atom. The van der Waals surface area contributed by atoms with Gasteiger partial charge in [-0.3, -0.25) is 0 Å². The predicted octanol–water partition coefficient (Wildman–Crippen LogP) is -1.55. The van der Waals surface area contributed by atoms with Crippen LogP contribution in [-0.4, -0.2) is 0 Å². The summed E-state index contributed by atoms with van der Waals surface area (Å²) in [6, 6.07) is 0. The second-order valence-electron chi connectivity index (χ2n) is 0.378. The van der Waals surface area contributed by atoms with Gasteiger partial charge in [-0.1, -0.05) is 0 Å². The Labute approximate surface area is 46.2 Å². The van der Waals surface area contributed by atoms with Crippen LogP contribution in [-0.2, 0) is 41.5 Å². The van der Waals surface area contributed by atoms with E-state index >= 15 is 0 Å². The second kappa shape index (κ2) is 2.55. The molecule has 0 heterocycles. The molecule has 0 radical (unpaired) electrons. The summed E-state index contributed by atoms with van der Waals surface area (Å²) in [5, 5.41) is 0. The molecule has 0 aliphatic carbocycles. The number of hydrogen-bond acceptors (Lipinski definition) is 4. The molecule has 0 saturated carbocycles. The van der Waals surface area contributed by atoms with E-state index in [1.54, 1.807) is 0 Å². The summed E-state index contributed by atoms with van der Waals surface area (Å²) in [6.45, 7) is 0. The van der Waals surface area contributed by atoms with Gasteiger partial charge in [0.1, 0.15) is 0 Å². The first-order valence-electron chi connectivity index (χ1n) is 0.617. The topological polar surface area (TPSA) is 74.3 Å². The van der Waals surface area contributed by atoms with E-state index in [-0.39, 0.29) is 17.1 Å². The molecule has 6 heavy (non-hydrogen) atoms. The van der Waals surface area contributed by atoms with Gasteiger partial charge in [0.15, 0.2) is 0 Å².